The summed E-state index contributed by atoms with van der Waals surface area (Å²) in [7, 11) is 0. The van der Waals surface area contributed by atoms with Crippen LogP contribution in [0, 0.1) is 5.82 Å². The molecule has 17 heavy (non-hydrogen) atoms. The predicted molar refractivity (Wildman–Crippen MR) is 58.1 cm³/mol. The first-order chi connectivity index (χ1) is 7.92. The molecule has 6 heteroatoms. The lowest BCUT2D eigenvalue weighted by atomic mass is 10.2. The molecule has 0 bridgehead atoms. The highest BCUT2D eigenvalue weighted by Gasteiger charge is 2.45. The molecule has 90 valence electrons. The largest absolute Gasteiger partial charge is 0.478 e. The Morgan fingerprint density at radius 3 is 2.53 bits per heavy atom. The van der Waals surface area contributed by atoms with E-state index in [1.165, 1.54) is 6.07 Å². The molecule has 1 aromatic rings. The molecule has 4 N–H and O–H groups in total. The number of anilines is 1. The zero-order valence-corrected chi connectivity index (χ0v) is 8.87. The second kappa shape index (κ2) is 3.81. The Labute approximate surface area is 96.4 Å². The second-order valence-corrected chi connectivity index (χ2v) is 4.11. The maximum atomic E-state index is 13.3. The predicted octanol–water partition coefficient (Wildman–Crippen LogP) is 0.954. The van der Waals surface area contributed by atoms with Gasteiger partial charge in [0.15, 0.2) is 0 Å². The molecule has 0 radical (unpaired) electrons. The average Bonchev–Trinajstić information content (AvgIpc) is 2.97. The van der Waals surface area contributed by atoms with E-state index in [1.807, 2.05) is 0 Å². The van der Waals surface area contributed by atoms with Crippen molar-refractivity contribution < 1.29 is 19.1 Å². The summed E-state index contributed by atoms with van der Waals surface area (Å²) < 4.78 is 13.3. The van der Waals surface area contributed by atoms with Crippen LogP contribution in [-0.4, -0.2) is 22.5 Å². The summed E-state index contributed by atoms with van der Waals surface area (Å²) in [5.41, 5.74) is 4.58. The maximum Gasteiger partial charge on any atom is 0.338 e. The van der Waals surface area contributed by atoms with Crippen molar-refractivity contribution in [2.75, 3.05) is 5.32 Å². The second-order valence-electron chi connectivity index (χ2n) is 4.11. The molecule has 5 nitrogen and oxygen atoms in total. The quantitative estimate of drug-likeness (QED) is 0.731. The number of benzene rings is 1. The number of aromatic carboxylic acids is 1. The van der Waals surface area contributed by atoms with E-state index in [4.69, 9.17) is 10.8 Å². The minimum atomic E-state index is -1.35. The fraction of sp³-hybridized carbons (Fsp3) is 0.273. The van der Waals surface area contributed by atoms with Crippen LogP contribution in [-0.2, 0) is 4.79 Å². The zero-order valence-electron chi connectivity index (χ0n) is 8.87. The monoisotopic (exact) mass is 238 g/mol. The van der Waals surface area contributed by atoms with Crippen LogP contribution < -0.4 is 11.1 Å². The van der Waals surface area contributed by atoms with Crippen molar-refractivity contribution >= 4 is 17.6 Å². The van der Waals surface area contributed by atoms with Gasteiger partial charge in [-0.3, -0.25) is 4.79 Å². The van der Waals surface area contributed by atoms with Crippen molar-refractivity contribution in [1.82, 2.24) is 0 Å². The molecule has 0 spiro atoms. The van der Waals surface area contributed by atoms with Gasteiger partial charge in [-0.1, -0.05) is 0 Å². The Hall–Kier alpha value is -1.95. The first-order valence-corrected chi connectivity index (χ1v) is 5.05. The maximum absolute atomic E-state index is 13.3. The number of carboxylic acids is 1. The lowest BCUT2D eigenvalue weighted by Crippen LogP contribution is -2.37. The molecule has 1 fully saturated rings. The van der Waals surface area contributed by atoms with Gasteiger partial charge in [0.05, 0.1) is 11.1 Å². The molecular weight excluding hydrogens is 227 g/mol. The van der Waals surface area contributed by atoms with Crippen molar-refractivity contribution in [3.05, 3.63) is 29.6 Å². The number of carbonyl (C=O) groups is 2. The van der Waals surface area contributed by atoms with E-state index >= 15 is 0 Å². The molecule has 1 aromatic carbocycles. The summed E-state index contributed by atoms with van der Waals surface area (Å²) in [5, 5.41) is 11.1. The van der Waals surface area contributed by atoms with E-state index in [1.54, 1.807) is 0 Å². The van der Waals surface area contributed by atoms with Crippen LogP contribution >= 0.6 is 0 Å². The molecule has 0 saturated heterocycles. The number of hydrogen-bond donors (Lipinski definition) is 3. The number of carbonyl (C=O) groups excluding carboxylic acids is 1. The van der Waals surface area contributed by atoms with Gasteiger partial charge >= 0.3 is 5.97 Å². The Bertz CT molecular complexity index is 497. The Morgan fingerprint density at radius 2 is 2.06 bits per heavy atom. The molecule has 1 aliphatic carbocycles. The molecule has 0 aliphatic heterocycles. The summed E-state index contributed by atoms with van der Waals surface area (Å²) in [6.07, 6.45) is 1.21. The Kier molecular flexibility index (Phi) is 2.59. The number of halogens is 1. The van der Waals surface area contributed by atoms with E-state index in [0.29, 0.717) is 12.8 Å². The van der Waals surface area contributed by atoms with Crippen LogP contribution in [0.3, 0.4) is 0 Å². The molecule has 0 aromatic heterocycles. The summed E-state index contributed by atoms with van der Waals surface area (Å²) in [6.45, 7) is 0. The van der Waals surface area contributed by atoms with Gasteiger partial charge in [-0.05, 0) is 31.0 Å². The van der Waals surface area contributed by atoms with E-state index in [-0.39, 0.29) is 11.6 Å². The van der Waals surface area contributed by atoms with E-state index in [9.17, 15) is 14.0 Å². The molecule has 2 rings (SSSR count). The molecule has 1 aliphatic rings. The van der Waals surface area contributed by atoms with Gasteiger partial charge < -0.3 is 16.2 Å². The van der Waals surface area contributed by atoms with Crippen LogP contribution in [0.2, 0.25) is 0 Å². The molecule has 1 amide bonds. The fourth-order valence-electron chi connectivity index (χ4n) is 1.38. The van der Waals surface area contributed by atoms with E-state index in [2.05, 4.69) is 5.32 Å². The van der Waals surface area contributed by atoms with Gasteiger partial charge in [0, 0.05) is 5.69 Å². The molecule has 0 unspecified atom stereocenters. The van der Waals surface area contributed by atoms with Crippen LogP contribution in [0.15, 0.2) is 18.2 Å². The SMILES string of the molecule is NC1(C(=O)Nc2ccc(C(=O)O)c(F)c2)CC1. The third kappa shape index (κ3) is 2.26. The lowest BCUT2D eigenvalue weighted by molar-refractivity contribution is -0.118. The minimum Gasteiger partial charge on any atom is -0.478 e. The summed E-state index contributed by atoms with van der Waals surface area (Å²) >= 11 is 0. The number of amides is 1. The third-order valence-corrected chi connectivity index (χ3v) is 2.70. The third-order valence-electron chi connectivity index (χ3n) is 2.70. The fourth-order valence-corrected chi connectivity index (χ4v) is 1.38. The van der Waals surface area contributed by atoms with Gasteiger partial charge in [0.1, 0.15) is 5.82 Å². The summed E-state index contributed by atoms with van der Waals surface area (Å²) in [4.78, 5) is 22.1. The summed E-state index contributed by atoms with van der Waals surface area (Å²) in [5.74, 6) is -2.62. The first-order valence-electron chi connectivity index (χ1n) is 5.05. The number of rotatable bonds is 3. The smallest absolute Gasteiger partial charge is 0.338 e. The minimum absolute atomic E-state index is 0.203. The number of nitrogens with two attached hydrogens (primary N) is 1. The number of hydrogen-bond acceptors (Lipinski definition) is 3. The Balaban J connectivity index is 2.15. The highest BCUT2D eigenvalue weighted by Crippen LogP contribution is 2.33. The van der Waals surface area contributed by atoms with Crippen LogP contribution in [0.5, 0.6) is 0 Å². The number of carboxylic acid groups (broad SMARTS) is 1. The molecular formula is C11H11FN2O3. The first kappa shape index (κ1) is 11.5. The molecule has 0 heterocycles. The normalized spacial score (nSPS) is 16.4. The topological polar surface area (TPSA) is 92.4 Å². The van der Waals surface area contributed by atoms with Gasteiger partial charge in [-0.25, -0.2) is 9.18 Å². The van der Waals surface area contributed by atoms with Crippen molar-refractivity contribution in [3.8, 4) is 0 Å². The van der Waals surface area contributed by atoms with Crippen LogP contribution in [0.1, 0.15) is 23.2 Å². The van der Waals surface area contributed by atoms with Crippen molar-refractivity contribution in [1.29, 1.82) is 0 Å². The standard InChI is InChI=1S/C11H11FN2O3/c12-8-5-6(1-2-7(8)9(15)16)14-10(17)11(13)3-4-11/h1-2,5H,3-4,13H2,(H,14,17)(H,15,16). The van der Waals surface area contributed by atoms with Crippen LogP contribution in [0.25, 0.3) is 0 Å². The average molecular weight is 238 g/mol. The number of nitrogens with one attached hydrogen (secondary N) is 1. The Morgan fingerprint density at radius 1 is 1.41 bits per heavy atom. The molecule has 1 saturated carbocycles. The van der Waals surface area contributed by atoms with Crippen molar-refractivity contribution in [2.45, 2.75) is 18.4 Å². The van der Waals surface area contributed by atoms with Crippen LogP contribution in [0.4, 0.5) is 10.1 Å². The highest BCUT2D eigenvalue weighted by molar-refractivity contribution is 6.00. The van der Waals surface area contributed by atoms with E-state index < -0.39 is 22.9 Å². The van der Waals surface area contributed by atoms with Crippen molar-refractivity contribution in [2.24, 2.45) is 5.73 Å². The zero-order chi connectivity index (χ0) is 12.6. The lowest BCUT2D eigenvalue weighted by Gasteiger charge is -2.10. The molecule has 0 atom stereocenters. The van der Waals surface area contributed by atoms with Gasteiger partial charge in [-0.15, -0.1) is 0 Å². The summed E-state index contributed by atoms with van der Waals surface area (Å²) in [6, 6.07) is 3.40. The van der Waals surface area contributed by atoms with E-state index in [0.717, 1.165) is 12.1 Å². The van der Waals surface area contributed by atoms with Gasteiger partial charge in [-0.2, -0.15) is 0 Å². The van der Waals surface area contributed by atoms with Crippen molar-refractivity contribution in [3.63, 3.8) is 0 Å². The highest BCUT2D eigenvalue weighted by atomic mass is 19.1. The van der Waals surface area contributed by atoms with Gasteiger partial charge in [0.2, 0.25) is 5.91 Å². The van der Waals surface area contributed by atoms with Gasteiger partial charge in [0.25, 0.3) is 0 Å².